The van der Waals surface area contributed by atoms with E-state index in [1.165, 1.54) is 49.0 Å². The SMILES string of the molecule is Brc1ccc2c(c1)-c1cc(-c3ccccc3)c(Br)c(-c3ccccc3)c1C2. The summed E-state index contributed by atoms with van der Waals surface area (Å²) in [6.07, 6.45) is 0.968. The van der Waals surface area contributed by atoms with Crippen LogP contribution in [0.3, 0.4) is 0 Å². The number of halogens is 2. The van der Waals surface area contributed by atoms with Gasteiger partial charge < -0.3 is 0 Å². The van der Waals surface area contributed by atoms with Gasteiger partial charge >= 0.3 is 0 Å². The highest BCUT2D eigenvalue weighted by atomic mass is 79.9. The van der Waals surface area contributed by atoms with Crippen molar-refractivity contribution in [3.05, 3.63) is 105 Å². The third-order valence-electron chi connectivity index (χ3n) is 5.25. The molecule has 0 fully saturated rings. The summed E-state index contributed by atoms with van der Waals surface area (Å²) >= 11 is 7.61. The first kappa shape index (κ1) is 17.0. The summed E-state index contributed by atoms with van der Waals surface area (Å²) in [6.45, 7) is 0. The highest BCUT2D eigenvalue weighted by Crippen LogP contribution is 2.49. The number of benzene rings is 4. The van der Waals surface area contributed by atoms with Crippen LogP contribution in [-0.2, 0) is 6.42 Å². The van der Waals surface area contributed by atoms with Crippen molar-refractivity contribution < 1.29 is 0 Å². The monoisotopic (exact) mass is 474 g/mol. The summed E-state index contributed by atoms with van der Waals surface area (Å²) < 4.78 is 2.30. The fourth-order valence-corrected chi connectivity index (χ4v) is 5.17. The third-order valence-corrected chi connectivity index (χ3v) is 6.57. The molecule has 2 heteroatoms. The molecule has 0 heterocycles. The van der Waals surface area contributed by atoms with Crippen LogP contribution in [0.15, 0.2) is 93.9 Å². The van der Waals surface area contributed by atoms with Crippen LogP contribution in [0.2, 0.25) is 0 Å². The zero-order chi connectivity index (χ0) is 18.4. The zero-order valence-corrected chi connectivity index (χ0v) is 17.7. The van der Waals surface area contributed by atoms with Crippen LogP contribution in [0.25, 0.3) is 33.4 Å². The van der Waals surface area contributed by atoms with Crippen molar-refractivity contribution in [1.29, 1.82) is 0 Å². The molecule has 0 nitrogen and oxygen atoms in total. The molecule has 1 aliphatic carbocycles. The minimum atomic E-state index is 0.968. The van der Waals surface area contributed by atoms with Gasteiger partial charge in [0.05, 0.1) is 0 Å². The fourth-order valence-electron chi connectivity index (χ4n) is 4.00. The van der Waals surface area contributed by atoms with Crippen molar-refractivity contribution in [2.75, 3.05) is 0 Å². The van der Waals surface area contributed by atoms with Crippen LogP contribution >= 0.6 is 31.9 Å². The minimum Gasteiger partial charge on any atom is -0.0622 e. The van der Waals surface area contributed by atoms with E-state index < -0.39 is 0 Å². The second kappa shape index (κ2) is 6.78. The summed E-state index contributed by atoms with van der Waals surface area (Å²) in [7, 11) is 0. The molecular formula is C25H16Br2. The lowest BCUT2D eigenvalue weighted by atomic mass is 9.91. The minimum absolute atomic E-state index is 0.968. The van der Waals surface area contributed by atoms with E-state index in [0.717, 1.165) is 10.9 Å². The molecule has 0 amide bonds. The lowest BCUT2D eigenvalue weighted by Gasteiger charge is -2.17. The maximum atomic E-state index is 3.96. The Hall–Kier alpha value is -2.16. The van der Waals surface area contributed by atoms with Crippen molar-refractivity contribution in [3.8, 4) is 33.4 Å². The molecule has 0 aromatic heterocycles. The number of hydrogen-bond donors (Lipinski definition) is 0. The summed E-state index contributed by atoms with van der Waals surface area (Å²) in [4.78, 5) is 0. The smallest absolute Gasteiger partial charge is 0.0335 e. The highest BCUT2D eigenvalue weighted by molar-refractivity contribution is 9.11. The number of fused-ring (bicyclic) bond motifs is 3. The van der Waals surface area contributed by atoms with E-state index >= 15 is 0 Å². The van der Waals surface area contributed by atoms with Gasteiger partial charge in [0.2, 0.25) is 0 Å². The largest absolute Gasteiger partial charge is 0.0622 e. The Morgan fingerprint density at radius 3 is 1.96 bits per heavy atom. The van der Waals surface area contributed by atoms with E-state index in [2.05, 4.69) is 117 Å². The van der Waals surface area contributed by atoms with Crippen LogP contribution in [0.1, 0.15) is 11.1 Å². The van der Waals surface area contributed by atoms with E-state index in [-0.39, 0.29) is 0 Å². The molecule has 0 saturated carbocycles. The Labute approximate surface area is 176 Å². The van der Waals surface area contributed by atoms with Crippen LogP contribution < -0.4 is 0 Å². The van der Waals surface area contributed by atoms with Crippen molar-refractivity contribution in [2.45, 2.75) is 6.42 Å². The Bertz CT molecular complexity index is 1150. The number of hydrogen-bond acceptors (Lipinski definition) is 0. The molecule has 1 aliphatic rings. The molecule has 130 valence electrons. The molecule has 4 aromatic carbocycles. The van der Waals surface area contributed by atoms with Gasteiger partial charge in [0.25, 0.3) is 0 Å². The van der Waals surface area contributed by atoms with Crippen LogP contribution in [0, 0.1) is 0 Å². The van der Waals surface area contributed by atoms with Gasteiger partial charge in [-0.15, -0.1) is 0 Å². The van der Waals surface area contributed by atoms with Gasteiger partial charge in [0, 0.05) is 14.5 Å². The molecule has 0 saturated heterocycles. The maximum absolute atomic E-state index is 3.96. The summed E-state index contributed by atoms with van der Waals surface area (Å²) in [5, 5.41) is 0. The van der Waals surface area contributed by atoms with E-state index in [0.29, 0.717) is 0 Å². The van der Waals surface area contributed by atoms with E-state index in [9.17, 15) is 0 Å². The molecule has 27 heavy (non-hydrogen) atoms. The molecule has 0 aliphatic heterocycles. The van der Waals surface area contributed by atoms with E-state index in [4.69, 9.17) is 0 Å². The Morgan fingerprint density at radius 2 is 1.26 bits per heavy atom. The van der Waals surface area contributed by atoms with Crippen molar-refractivity contribution in [1.82, 2.24) is 0 Å². The molecule has 0 N–H and O–H groups in total. The van der Waals surface area contributed by atoms with Crippen LogP contribution in [0.4, 0.5) is 0 Å². The standard InChI is InChI=1S/C25H16Br2/c26-19-12-11-18-13-23-22(20(18)14-19)15-21(16-7-3-1-4-8-16)25(27)24(23)17-9-5-2-6-10-17/h1-12,14-15H,13H2. The van der Waals surface area contributed by atoms with Crippen LogP contribution in [0.5, 0.6) is 0 Å². The first-order chi connectivity index (χ1) is 13.2. The third kappa shape index (κ3) is 2.88. The molecule has 5 rings (SSSR count). The molecule has 0 radical (unpaired) electrons. The Morgan fingerprint density at radius 1 is 0.593 bits per heavy atom. The quantitative estimate of drug-likeness (QED) is 0.242. The first-order valence-corrected chi connectivity index (χ1v) is 10.6. The lowest BCUT2D eigenvalue weighted by Crippen LogP contribution is -1.93. The predicted molar refractivity (Wildman–Crippen MR) is 121 cm³/mol. The topological polar surface area (TPSA) is 0 Å². The summed E-state index contributed by atoms with van der Waals surface area (Å²) in [6, 6.07) is 30.3. The molecule has 4 aromatic rings. The molecular weight excluding hydrogens is 460 g/mol. The average Bonchev–Trinajstić information content (AvgIpc) is 3.06. The van der Waals surface area contributed by atoms with Gasteiger partial charge in [-0.05, 0) is 79.5 Å². The highest BCUT2D eigenvalue weighted by Gasteiger charge is 2.26. The normalized spacial score (nSPS) is 11.9. The summed E-state index contributed by atoms with van der Waals surface area (Å²) in [5.74, 6) is 0. The van der Waals surface area contributed by atoms with Crippen molar-refractivity contribution in [3.63, 3.8) is 0 Å². The van der Waals surface area contributed by atoms with Gasteiger partial charge in [0.15, 0.2) is 0 Å². The predicted octanol–water partition coefficient (Wildman–Crippen LogP) is 8.12. The van der Waals surface area contributed by atoms with Crippen LogP contribution in [-0.4, -0.2) is 0 Å². The van der Waals surface area contributed by atoms with Crippen molar-refractivity contribution >= 4 is 31.9 Å². The first-order valence-electron chi connectivity index (χ1n) is 8.97. The molecule has 0 spiro atoms. The second-order valence-corrected chi connectivity index (χ2v) is 8.56. The molecule has 0 bridgehead atoms. The molecule has 0 atom stereocenters. The zero-order valence-electron chi connectivity index (χ0n) is 14.5. The van der Waals surface area contributed by atoms with Gasteiger partial charge in [-0.2, -0.15) is 0 Å². The van der Waals surface area contributed by atoms with E-state index in [1.807, 2.05) is 0 Å². The van der Waals surface area contributed by atoms with Gasteiger partial charge in [0.1, 0.15) is 0 Å². The molecule has 0 unspecified atom stereocenters. The Kier molecular flexibility index (Phi) is 4.26. The maximum Gasteiger partial charge on any atom is 0.0335 e. The average molecular weight is 476 g/mol. The van der Waals surface area contributed by atoms with Crippen molar-refractivity contribution in [2.24, 2.45) is 0 Å². The Balaban J connectivity index is 1.85. The van der Waals surface area contributed by atoms with Gasteiger partial charge in [-0.25, -0.2) is 0 Å². The number of rotatable bonds is 2. The van der Waals surface area contributed by atoms with Gasteiger partial charge in [-0.3, -0.25) is 0 Å². The second-order valence-electron chi connectivity index (χ2n) is 6.85. The summed E-state index contributed by atoms with van der Waals surface area (Å²) in [5.41, 5.74) is 10.5. The van der Waals surface area contributed by atoms with E-state index in [1.54, 1.807) is 0 Å². The van der Waals surface area contributed by atoms with Gasteiger partial charge in [-0.1, -0.05) is 82.7 Å². The fraction of sp³-hybridized carbons (Fsp3) is 0.0400. The lowest BCUT2D eigenvalue weighted by molar-refractivity contribution is 1.26.